The second kappa shape index (κ2) is 4.04. The number of nitriles is 1. The standard InChI is InChI=1S/C6H8N2O2.ClH/c7-3-5-1-2-8(4-5)6(9)10;/h5H,1-2,4H2,(H,9,10);1H. The molecule has 0 aromatic carbocycles. The zero-order valence-electron chi connectivity index (χ0n) is 5.86. The summed E-state index contributed by atoms with van der Waals surface area (Å²) in [5, 5.41) is 16.8. The molecule has 1 saturated heterocycles. The third kappa shape index (κ3) is 2.28. The zero-order valence-corrected chi connectivity index (χ0v) is 6.67. The molecule has 1 rings (SSSR count). The van der Waals surface area contributed by atoms with Gasteiger partial charge in [-0.2, -0.15) is 5.26 Å². The highest BCUT2D eigenvalue weighted by Crippen LogP contribution is 2.14. The van der Waals surface area contributed by atoms with Crippen LogP contribution in [0.4, 0.5) is 4.79 Å². The normalized spacial score (nSPS) is 22.1. The maximum Gasteiger partial charge on any atom is 0.407 e. The monoisotopic (exact) mass is 176 g/mol. The summed E-state index contributed by atoms with van der Waals surface area (Å²) in [5.41, 5.74) is 0. The lowest BCUT2D eigenvalue weighted by Crippen LogP contribution is -2.26. The summed E-state index contributed by atoms with van der Waals surface area (Å²) < 4.78 is 0. The molecule has 1 amide bonds. The van der Waals surface area contributed by atoms with Crippen LogP contribution in [0.2, 0.25) is 0 Å². The van der Waals surface area contributed by atoms with Crippen molar-refractivity contribution < 1.29 is 9.90 Å². The number of likely N-dealkylation sites (tertiary alicyclic amines) is 1. The Morgan fingerprint density at radius 1 is 1.73 bits per heavy atom. The van der Waals surface area contributed by atoms with Gasteiger partial charge >= 0.3 is 6.09 Å². The SMILES string of the molecule is Cl.N#CC1CCN(C(=O)O)C1. The van der Waals surface area contributed by atoms with E-state index in [0.717, 1.165) is 0 Å². The van der Waals surface area contributed by atoms with E-state index in [9.17, 15) is 4.79 Å². The minimum absolute atomic E-state index is 0. The molecule has 1 unspecified atom stereocenters. The van der Waals surface area contributed by atoms with Crippen LogP contribution in [0.3, 0.4) is 0 Å². The van der Waals surface area contributed by atoms with Gasteiger partial charge in [0.2, 0.25) is 0 Å². The molecular formula is C6H9ClN2O2. The second-order valence-electron chi connectivity index (χ2n) is 2.34. The van der Waals surface area contributed by atoms with Crippen LogP contribution in [0.25, 0.3) is 0 Å². The fraction of sp³-hybridized carbons (Fsp3) is 0.667. The lowest BCUT2D eigenvalue weighted by molar-refractivity contribution is 0.155. The van der Waals surface area contributed by atoms with Crippen LogP contribution in [0.1, 0.15) is 6.42 Å². The van der Waals surface area contributed by atoms with Crippen LogP contribution in [0.5, 0.6) is 0 Å². The fourth-order valence-electron chi connectivity index (χ4n) is 1.04. The fourth-order valence-corrected chi connectivity index (χ4v) is 1.04. The Labute approximate surface area is 70.8 Å². The van der Waals surface area contributed by atoms with E-state index in [1.165, 1.54) is 4.90 Å². The number of hydrogen-bond donors (Lipinski definition) is 1. The Kier molecular flexibility index (Phi) is 3.69. The van der Waals surface area contributed by atoms with E-state index in [2.05, 4.69) is 0 Å². The summed E-state index contributed by atoms with van der Waals surface area (Å²) in [4.78, 5) is 11.6. The third-order valence-corrected chi connectivity index (χ3v) is 1.64. The minimum Gasteiger partial charge on any atom is -0.465 e. The summed E-state index contributed by atoms with van der Waals surface area (Å²) in [7, 11) is 0. The number of rotatable bonds is 0. The van der Waals surface area contributed by atoms with E-state index >= 15 is 0 Å². The van der Waals surface area contributed by atoms with Crippen molar-refractivity contribution in [3.8, 4) is 6.07 Å². The first-order valence-electron chi connectivity index (χ1n) is 3.11. The van der Waals surface area contributed by atoms with Gasteiger partial charge in [-0.15, -0.1) is 12.4 Å². The molecule has 0 spiro atoms. The number of carboxylic acid groups (broad SMARTS) is 1. The molecule has 1 fully saturated rings. The molecule has 1 aliphatic rings. The van der Waals surface area contributed by atoms with Crippen molar-refractivity contribution in [2.45, 2.75) is 6.42 Å². The van der Waals surface area contributed by atoms with Crippen molar-refractivity contribution in [3.05, 3.63) is 0 Å². The van der Waals surface area contributed by atoms with Gasteiger partial charge in [-0.25, -0.2) is 4.79 Å². The molecule has 1 N–H and O–H groups in total. The van der Waals surface area contributed by atoms with Gasteiger partial charge in [-0.05, 0) is 6.42 Å². The summed E-state index contributed by atoms with van der Waals surface area (Å²) in [6.07, 6.45) is -0.235. The van der Waals surface area contributed by atoms with Crippen molar-refractivity contribution in [1.82, 2.24) is 4.90 Å². The first kappa shape index (κ1) is 10.0. The molecule has 5 heteroatoms. The average molecular weight is 177 g/mol. The Morgan fingerprint density at radius 2 is 2.36 bits per heavy atom. The van der Waals surface area contributed by atoms with Gasteiger partial charge in [0.15, 0.2) is 0 Å². The van der Waals surface area contributed by atoms with E-state index in [0.29, 0.717) is 19.5 Å². The van der Waals surface area contributed by atoms with Gasteiger partial charge in [-0.3, -0.25) is 0 Å². The van der Waals surface area contributed by atoms with Crippen LogP contribution < -0.4 is 0 Å². The van der Waals surface area contributed by atoms with Crippen LogP contribution in [-0.4, -0.2) is 29.2 Å². The number of nitrogens with zero attached hydrogens (tertiary/aromatic N) is 2. The second-order valence-corrected chi connectivity index (χ2v) is 2.34. The highest BCUT2D eigenvalue weighted by Gasteiger charge is 2.24. The molecule has 4 nitrogen and oxygen atoms in total. The molecule has 0 aliphatic carbocycles. The van der Waals surface area contributed by atoms with E-state index in [-0.39, 0.29) is 18.3 Å². The summed E-state index contributed by atoms with van der Waals surface area (Å²) >= 11 is 0. The van der Waals surface area contributed by atoms with Crippen molar-refractivity contribution >= 4 is 18.5 Å². The maximum absolute atomic E-state index is 10.3. The quantitative estimate of drug-likeness (QED) is 0.597. The van der Waals surface area contributed by atoms with E-state index in [4.69, 9.17) is 10.4 Å². The minimum atomic E-state index is -0.919. The molecule has 11 heavy (non-hydrogen) atoms. The molecule has 0 bridgehead atoms. The van der Waals surface area contributed by atoms with Crippen LogP contribution in [-0.2, 0) is 0 Å². The van der Waals surface area contributed by atoms with Gasteiger partial charge < -0.3 is 10.0 Å². The van der Waals surface area contributed by atoms with Gasteiger partial charge in [0.05, 0.1) is 12.0 Å². The largest absolute Gasteiger partial charge is 0.465 e. The Balaban J connectivity index is 0.000001000. The molecule has 0 saturated carbocycles. The topological polar surface area (TPSA) is 64.3 Å². The van der Waals surface area contributed by atoms with Crippen molar-refractivity contribution in [3.63, 3.8) is 0 Å². The Bertz CT molecular complexity index is 190. The Hall–Kier alpha value is -0.950. The zero-order chi connectivity index (χ0) is 7.56. The van der Waals surface area contributed by atoms with Gasteiger partial charge in [-0.1, -0.05) is 0 Å². The molecule has 62 valence electrons. The van der Waals surface area contributed by atoms with Crippen LogP contribution in [0, 0.1) is 17.2 Å². The first-order valence-corrected chi connectivity index (χ1v) is 3.11. The van der Waals surface area contributed by atoms with E-state index < -0.39 is 6.09 Å². The highest BCUT2D eigenvalue weighted by molar-refractivity contribution is 5.85. The average Bonchev–Trinajstić information content (AvgIpc) is 2.34. The van der Waals surface area contributed by atoms with Gasteiger partial charge in [0, 0.05) is 13.1 Å². The van der Waals surface area contributed by atoms with Gasteiger partial charge in [0.25, 0.3) is 0 Å². The molecule has 0 radical (unpaired) electrons. The molecule has 1 heterocycles. The van der Waals surface area contributed by atoms with Crippen LogP contribution >= 0.6 is 12.4 Å². The third-order valence-electron chi connectivity index (χ3n) is 1.64. The first-order chi connectivity index (χ1) is 4.74. The smallest absolute Gasteiger partial charge is 0.407 e. The van der Waals surface area contributed by atoms with E-state index in [1.54, 1.807) is 0 Å². The molecule has 1 aliphatic heterocycles. The van der Waals surface area contributed by atoms with E-state index in [1.807, 2.05) is 6.07 Å². The van der Waals surface area contributed by atoms with Crippen LogP contribution in [0.15, 0.2) is 0 Å². The van der Waals surface area contributed by atoms with Crippen molar-refractivity contribution in [2.75, 3.05) is 13.1 Å². The molecule has 0 aromatic heterocycles. The summed E-state index contributed by atoms with van der Waals surface area (Å²) in [5.74, 6) is -0.0869. The molecule has 1 atom stereocenters. The lowest BCUT2D eigenvalue weighted by Gasteiger charge is -2.08. The summed E-state index contributed by atoms with van der Waals surface area (Å²) in [6, 6.07) is 2.04. The molecular weight excluding hydrogens is 168 g/mol. The number of carbonyl (C=O) groups is 1. The maximum atomic E-state index is 10.3. The highest BCUT2D eigenvalue weighted by atomic mass is 35.5. The number of halogens is 1. The van der Waals surface area contributed by atoms with Crippen molar-refractivity contribution in [1.29, 1.82) is 5.26 Å². The summed E-state index contributed by atoms with van der Waals surface area (Å²) in [6.45, 7) is 0.888. The van der Waals surface area contributed by atoms with Crippen molar-refractivity contribution in [2.24, 2.45) is 5.92 Å². The van der Waals surface area contributed by atoms with Gasteiger partial charge in [0.1, 0.15) is 0 Å². The predicted molar refractivity (Wildman–Crippen MR) is 40.6 cm³/mol. The lowest BCUT2D eigenvalue weighted by atomic mass is 10.1. The Morgan fingerprint density at radius 3 is 2.64 bits per heavy atom. The number of hydrogen-bond acceptors (Lipinski definition) is 2. The number of amides is 1. The molecule has 0 aromatic rings. The predicted octanol–water partition coefficient (Wildman–Crippen LogP) is 0.932.